The lowest BCUT2D eigenvalue weighted by molar-refractivity contribution is 0.0103. The number of rotatable bonds is 21. The molecule has 0 radical (unpaired) electrons. The SMILES string of the molecule is CCCCCc1cc2c(c(O[Si](CCC)(CCC)CCC)c1)C1C=C(CO[Si](CCC)(CCC)CCC)CCC1C(C)(C)O2. The summed E-state index contributed by atoms with van der Waals surface area (Å²) in [6.07, 6.45) is 17.1. The summed E-state index contributed by atoms with van der Waals surface area (Å²) in [6, 6.07) is 12.5. The molecule has 2 aliphatic rings. The van der Waals surface area contributed by atoms with Gasteiger partial charge in [-0.1, -0.05) is 106 Å². The van der Waals surface area contributed by atoms with E-state index in [2.05, 4.69) is 80.5 Å². The van der Waals surface area contributed by atoms with Crippen molar-refractivity contribution < 1.29 is 13.6 Å². The number of allylic oxidation sites excluding steroid dienone is 1. The normalized spacial score (nSPS) is 19.6. The Labute approximate surface area is 275 Å². The van der Waals surface area contributed by atoms with Crippen LogP contribution in [0.3, 0.4) is 0 Å². The summed E-state index contributed by atoms with van der Waals surface area (Å²) in [5.74, 6) is 3.05. The van der Waals surface area contributed by atoms with Gasteiger partial charge in [-0.05, 0) is 99.1 Å². The lowest BCUT2D eigenvalue weighted by Gasteiger charge is -2.48. The maximum absolute atomic E-state index is 7.54. The molecular weight excluding hydrogens is 573 g/mol. The van der Waals surface area contributed by atoms with Crippen LogP contribution in [0.2, 0.25) is 36.3 Å². The highest BCUT2D eigenvalue weighted by Gasteiger charge is 2.47. The van der Waals surface area contributed by atoms with Crippen molar-refractivity contribution in [3.8, 4) is 11.5 Å². The maximum atomic E-state index is 7.54. The quantitative estimate of drug-likeness (QED) is 0.0758. The molecule has 1 heterocycles. The first-order valence-electron chi connectivity index (χ1n) is 19.0. The van der Waals surface area contributed by atoms with E-state index in [9.17, 15) is 0 Å². The van der Waals surface area contributed by atoms with Gasteiger partial charge >= 0.3 is 0 Å². The van der Waals surface area contributed by atoms with Crippen molar-refractivity contribution in [3.63, 3.8) is 0 Å². The minimum atomic E-state index is -1.93. The average molecular weight is 643 g/mol. The summed E-state index contributed by atoms with van der Waals surface area (Å²) in [7, 11) is -3.63. The Morgan fingerprint density at radius 3 is 1.86 bits per heavy atom. The first-order valence-corrected chi connectivity index (χ1v) is 24.1. The van der Waals surface area contributed by atoms with Crippen molar-refractivity contribution in [1.29, 1.82) is 0 Å². The third kappa shape index (κ3) is 9.50. The molecule has 5 heteroatoms. The Balaban J connectivity index is 2.09. The molecule has 0 amide bonds. The number of fused-ring (bicyclic) bond motifs is 3. The van der Waals surface area contributed by atoms with E-state index in [1.165, 1.54) is 117 Å². The minimum Gasteiger partial charge on any atom is -0.543 e. The molecule has 44 heavy (non-hydrogen) atoms. The van der Waals surface area contributed by atoms with E-state index < -0.39 is 16.6 Å². The zero-order chi connectivity index (χ0) is 32.2. The molecule has 2 unspecified atom stereocenters. The topological polar surface area (TPSA) is 27.7 Å². The van der Waals surface area contributed by atoms with E-state index in [1.54, 1.807) is 0 Å². The molecule has 0 saturated heterocycles. The lowest BCUT2D eigenvalue weighted by Crippen LogP contribution is -2.46. The van der Waals surface area contributed by atoms with Crippen LogP contribution in [0.25, 0.3) is 0 Å². The largest absolute Gasteiger partial charge is 0.543 e. The van der Waals surface area contributed by atoms with E-state index in [0.29, 0.717) is 11.8 Å². The molecular formula is C39H70O3Si2. The van der Waals surface area contributed by atoms with Gasteiger partial charge in [0.2, 0.25) is 0 Å². The van der Waals surface area contributed by atoms with Crippen molar-refractivity contribution in [2.45, 2.75) is 187 Å². The predicted molar refractivity (Wildman–Crippen MR) is 197 cm³/mol. The Morgan fingerprint density at radius 1 is 0.750 bits per heavy atom. The standard InChI is InChI=1S/C39H70O3Si2/c1-10-17-18-19-32-29-36-38(37(30-32)42-44(25-14-5,26-15-6)27-16-7)34-28-33(20-21-35(34)39(8,9)41-36)31-40-43(22-11-2,23-12-3)24-13-4/h28-30,34-35H,10-27,31H2,1-9H3. The second-order valence-corrected chi connectivity index (χ2v) is 23.1. The highest BCUT2D eigenvalue weighted by atomic mass is 28.4. The molecule has 1 aromatic rings. The van der Waals surface area contributed by atoms with Gasteiger partial charge in [-0.2, -0.15) is 0 Å². The zero-order valence-corrected chi connectivity index (χ0v) is 32.5. The third-order valence-electron chi connectivity index (χ3n) is 10.6. The summed E-state index contributed by atoms with van der Waals surface area (Å²) in [5.41, 5.74) is 4.07. The second kappa shape index (κ2) is 17.8. The molecule has 3 rings (SSSR count). The number of ether oxygens (including phenoxy) is 1. The van der Waals surface area contributed by atoms with Crippen molar-refractivity contribution in [2.75, 3.05) is 6.61 Å². The molecule has 0 N–H and O–H groups in total. The van der Waals surface area contributed by atoms with E-state index in [4.69, 9.17) is 13.6 Å². The fourth-order valence-corrected chi connectivity index (χ4v) is 17.6. The summed E-state index contributed by atoms with van der Waals surface area (Å²) >= 11 is 0. The van der Waals surface area contributed by atoms with E-state index >= 15 is 0 Å². The Bertz CT molecular complexity index is 998. The van der Waals surface area contributed by atoms with Crippen LogP contribution in [0, 0.1) is 5.92 Å². The minimum absolute atomic E-state index is 0.199. The molecule has 3 nitrogen and oxygen atoms in total. The first kappa shape index (κ1) is 37.4. The molecule has 1 aromatic carbocycles. The summed E-state index contributed by atoms with van der Waals surface area (Å²) in [5, 5.41) is 0. The smallest absolute Gasteiger partial charge is 0.251 e. The lowest BCUT2D eigenvalue weighted by atomic mass is 9.68. The monoisotopic (exact) mass is 642 g/mol. The van der Waals surface area contributed by atoms with Gasteiger partial charge in [-0.3, -0.25) is 0 Å². The van der Waals surface area contributed by atoms with Gasteiger partial charge in [0.15, 0.2) is 8.32 Å². The number of hydrogen-bond donors (Lipinski definition) is 0. The van der Waals surface area contributed by atoms with Crippen LogP contribution in [-0.2, 0) is 10.8 Å². The fraction of sp³-hybridized carbons (Fsp3) is 0.795. The van der Waals surface area contributed by atoms with Crippen LogP contribution in [0.5, 0.6) is 11.5 Å². The van der Waals surface area contributed by atoms with Crippen LogP contribution in [0.4, 0.5) is 0 Å². The van der Waals surface area contributed by atoms with Gasteiger partial charge in [0, 0.05) is 17.4 Å². The van der Waals surface area contributed by atoms with Crippen molar-refractivity contribution in [1.82, 2.24) is 0 Å². The van der Waals surface area contributed by atoms with Gasteiger partial charge in [0.05, 0.1) is 6.61 Å². The van der Waals surface area contributed by atoms with Crippen LogP contribution < -0.4 is 9.16 Å². The average Bonchev–Trinajstić information content (AvgIpc) is 2.96. The van der Waals surface area contributed by atoms with Crippen LogP contribution in [0.1, 0.15) is 150 Å². The molecule has 2 atom stereocenters. The zero-order valence-electron chi connectivity index (χ0n) is 30.5. The van der Waals surface area contributed by atoms with Crippen molar-refractivity contribution >= 4 is 16.6 Å². The van der Waals surface area contributed by atoms with Crippen LogP contribution in [0.15, 0.2) is 23.8 Å². The summed E-state index contributed by atoms with van der Waals surface area (Å²) in [4.78, 5) is 0. The number of unbranched alkanes of at least 4 members (excludes halogenated alkanes) is 2. The van der Waals surface area contributed by atoms with Gasteiger partial charge in [-0.25, -0.2) is 0 Å². The van der Waals surface area contributed by atoms with Crippen molar-refractivity contribution in [2.24, 2.45) is 5.92 Å². The molecule has 0 spiro atoms. The van der Waals surface area contributed by atoms with Crippen LogP contribution in [-0.4, -0.2) is 28.8 Å². The molecule has 0 aromatic heterocycles. The maximum Gasteiger partial charge on any atom is 0.251 e. The number of hydrogen-bond acceptors (Lipinski definition) is 3. The first-order chi connectivity index (χ1) is 21.2. The molecule has 0 bridgehead atoms. The molecule has 252 valence electrons. The van der Waals surface area contributed by atoms with Gasteiger partial charge in [0.1, 0.15) is 17.1 Å². The van der Waals surface area contributed by atoms with E-state index in [0.717, 1.165) is 31.6 Å². The number of benzene rings is 1. The number of aryl methyl sites for hydroxylation is 1. The predicted octanol–water partition coefficient (Wildman–Crippen LogP) is 12.8. The van der Waals surface area contributed by atoms with E-state index in [-0.39, 0.29) is 5.60 Å². The Hall–Kier alpha value is -1.05. The fourth-order valence-electron chi connectivity index (χ4n) is 8.73. The Morgan fingerprint density at radius 2 is 1.32 bits per heavy atom. The van der Waals surface area contributed by atoms with Crippen molar-refractivity contribution in [3.05, 3.63) is 34.9 Å². The highest BCUT2D eigenvalue weighted by molar-refractivity contribution is 6.74. The van der Waals surface area contributed by atoms with E-state index in [1.807, 2.05) is 0 Å². The van der Waals surface area contributed by atoms with Gasteiger partial charge in [0.25, 0.3) is 8.32 Å². The molecule has 1 aliphatic carbocycles. The summed E-state index contributed by atoms with van der Waals surface area (Å²) in [6.45, 7) is 21.9. The molecule has 0 fully saturated rings. The van der Waals surface area contributed by atoms with Gasteiger partial charge < -0.3 is 13.6 Å². The van der Waals surface area contributed by atoms with Gasteiger partial charge in [-0.15, -0.1) is 0 Å². The second-order valence-electron chi connectivity index (χ2n) is 14.9. The molecule has 1 aliphatic heterocycles. The molecule has 0 saturated carbocycles. The van der Waals surface area contributed by atoms with Crippen LogP contribution >= 0.6 is 0 Å². The Kier molecular flexibility index (Phi) is 15.1. The summed E-state index contributed by atoms with van der Waals surface area (Å²) < 4.78 is 21.6. The highest BCUT2D eigenvalue weighted by Crippen LogP contribution is 2.54. The third-order valence-corrected chi connectivity index (χ3v) is 20.5.